The Morgan fingerprint density at radius 3 is 2.18 bits per heavy atom. The van der Waals surface area contributed by atoms with Crippen LogP contribution in [0.3, 0.4) is 0 Å². The Hall–Kier alpha value is -3.52. The van der Waals surface area contributed by atoms with Gasteiger partial charge < -0.3 is 10.1 Å². The van der Waals surface area contributed by atoms with Crippen LogP contribution < -0.4 is 14.8 Å². The maximum Gasteiger partial charge on any atom is 0.263 e. The minimum absolute atomic E-state index is 0.0177. The zero-order valence-corrected chi connectivity index (χ0v) is 19.9. The maximum absolute atomic E-state index is 13.0. The van der Waals surface area contributed by atoms with Gasteiger partial charge in [-0.15, -0.1) is 0 Å². The zero-order chi connectivity index (χ0) is 24.1. The summed E-state index contributed by atoms with van der Waals surface area (Å²) in [5.41, 5.74) is 0.779. The number of anilines is 2. The predicted molar refractivity (Wildman–Crippen MR) is 135 cm³/mol. The quantitative estimate of drug-likeness (QED) is 0.284. The minimum atomic E-state index is -4.04. The molecule has 2 N–H and O–H groups in total. The van der Waals surface area contributed by atoms with Gasteiger partial charge in [0.2, 0.25) is 0 Å². The molecular weight excluding hydrogens is 495 g/mol. The van der Waals surface area contributed by atoms with Gasteiger partial charge in [0.25, 0.3) is 15.9 Å². The molecule has 0 bridgehead atoms. The summed E-state index contributed by atoms with van der Waals surface area (Å²) in [7, 11) is -4.04. The van der Waals surface area contributed by atoms with E-state index in [9.17, 15) is 13.2 Å². The fourth-order valence-corrected chi connectivity index (χ4v) is 4.82. The highest BCUT2D eigenvalue weighted by atomic mass is 35.5. The highest BCUT2D eigenvalue weighted by Crippen LogP contribution is 2.33. The molecule has 34 heavy (non-hydrogen) atoms. The molecule has 0 aromatic heterocycles. The summed E-state index contributed by atoms with van der Waals surface area (Å²) in [5, 5.41) is 3.10. The first-order valence-electron chi connectivity index (χ1n) is 10.0. The number of halogens is 2. The van der Waals surface area contributed by atoms with Gasteiger partial charge in [-0.25, -0.2) is 8.42 Å². The van der Waals surface area contributed by atoms with Crippen molar-refractivity contribution in [3.63, 3.8) is 0 Å². The molecule has 1 amide bonds. The number of sulfonamides is 1. The molecule has 0 saturated carbocycles. The average molecular weight is 513 g/mol. The number of para-hydroxylation sites is 2. The Labute approximate surface area is 207 Å². The number of nitrogens with one attached hydrogen (secondary N) is 2. The van der Waals surface area contributed by atoms with Crippen molar-refractivity contribution in [3.8, 4) is 11.5 Å². The summed E-state index contributed by atoms with van der Waals surface area (Å²) < 4.78 is 34.1. The van der Waals surface area contributed by atoms with E-state index in [2.05, 4.69) is 10.0 Å². The van der Waals surface area contributed by atoms with Crippen LogP contribution in [0.15, 0.2) is 102 Å². The number of carbonyl (C=O) groups excluding carboxylic acids is 1. The van der Waals surface area contributed by atoms with Crippen molar-refractivity contribution in [1.29, 1.82) is 0 Å². The molecule has 0 aliphatic rings. The minimum Gasteiger partial charge on any atom is -0.455 e. The van der Waals surface area contributed by atoms with Crippen molar-refractivity contribution in [3.05, 3.63) is 113 Å². The van der Waals surface area contributed by atoms with Crippen LogP contribution in [0, 0.1) is 0 Å². The second-order valence-corrected chi connectivity index (χ2v) is 9.62. The van der Waals surface area contributed by atoms with E-state index in [-0.39, 0.29) is 15.5 Å². The Balaban J connectivity index is 1.61. The van der Waals surface area contributed by atoms with Crippen LogP contribution in [0.4, 0.5) is 11.4 Å². The molecular formula is C25H18Cl2N2O4S. The summed E-state index contributed by atoms with van der Waals surface area (Å²) in [4.78, 5) is 12.8. The molecule has 4 aromatic rings. The van der Waals surface area contributed by atoms with Gasteiger partial charge in [0.05, 0.1) is 10.7 Å². The molecule has 4 aromatic carbocycles. The third-order valence-electron chi connectivity index (χ3n) is 4.67. The summed E-state index contributed by atoms with van der Waals surface area (Å²) in [6.07, 6.45) is 0. The Morgan fingerprint density at radius 2 is 1.47 bits per heavy atom. The summed E-state index contributed by atoms with van der Waals surface area (Å²) in [5.74, 6) is 0.386. The van der Waals surface area contributed by atoms with Gasteiger partial charge in [-0.3, -0.25) is 9.52 Å². The summed E-state index contributed by atoms with van der Waals surface area (Å²) in [6.45, 7) is 0. The van der Waals surface area contributed by atoms with Crippen LogP contribution in [0.25, 0.3) is 0 Å². The van der Waals surface area contributed by atoms with E-state index in [1.807, 2.05) is 18.2 Å². The van der Waals surface area contributed by atoms with Crippen molar-refractivity contribution in [1.82, 2.24) is 0 Å². The molecule has 0 radical (unpaired) electrons. The SMILES string of the molecule is O=C(Nc1cc(Cl)ccc1Oc1ccccc1)c1ccc(Cl)c(S(=O)(=O)Nc2ccccc2)c1. The standard InChI is InChI=1S/C25H18Cl2N2O4S/c26-18-12-14-23(33-20-9-5-2-6-10-20)22(16-18)28-25(30)17-11-13-21(27)24(15-17)34(31,32)29-19-7-3-1-4-8-19/h1-16,29H,(H,28,30). The van der Waals surface area contributed by atoms with Crippen LogP contribution in [-0.4, -0.2) is 14.3 Å². The monoisotopic (exact) mass is 512 g/mol. The highest BCUT2D eigenvalue weighted by molar-refractivity contribution is 7.92. The van der Waals surface area contributed by atoms with Gasteiger partial charge in [0.1, 0.15) is 10.6 Å². The molecule has 0 fully saturated rings. The lowest BCUT2D eigenvalue weighted by Crippen LogP contribution is -2.16. The van der Waals surface area contributed by atoms with Crippen molar-refractivity contribution in [2.75, 3.05) is 10.0 Å². The van der Waals surface area contributed by atoms with Crippen molar-refractivity contribution in [2.24, 2.45) is 0 Å². The largest absolute Gasteiger partial charge is 0.455 e. The number of amides is 1. The number of ether oxygens (including phenoxy) is 1. The van der Waals surface area contributed by atoms with Crippen LogP contribution >= 0.6 is 23.2 Å². The van der Waals surface area contributed by atoms with E-state index in [4.69, 9.17) is 27.9 Å². The summed E-state index contributed by atoms with van der Waals surface area (Å²) in [6, 6.07) is 26.2. The van der Waals surface area contributed by atoms with Crippen molar-refractivity contribution >= 4 is 50.5 Å². The molecule has 0 unspecified atom stereocenters. The molecule has 0 atom stereocenters. The van der Waals surface area contributed by atoms with Gasteiger partial charge >= 0.3 is 0 Å². The Bertz CT molecular complexity index is 1430. The molecule has 0 saturated heterocycles. The lowest BCUT2D eigenvalue weighted by Gasteiger charge is -2.14. The predicted octanol–water partition coefficient (Wildman–Crippen LogP) is 6.84. The second kappa shape index (κ2) is 10.2. The van der Waals surface area contributed by atoms with E-state index in [1.54, 1.807) is 60.7 Å². The first-order valence-corrected chi connectivity index (χ1v) is 12.3. The average Bonchev–Trinajstić information content (AvgIpc) is 2.82. The fourth-order valence-electron chi connectivity index (χ4n) is 3.07. The van der Waals surface area contributed by atoms with Gasteiger partial charge in [-0.1, -0.05) is 59.6 Å². The first kappa shape index (κ1) is 23.6. The highest BCUT2D eigenvalue weighted by Gasteiger charge is 2.21. The molecule has 0 heterocycles. The van der Waals surface area contributed by atoms with Gasteiger partial charge in [0, 0.05) is 16.3 Å². The van der Waals surface area contributed by atoms with Crippen LogP contribution in [-0.2, 0) is 10.0 Å². The number of hydrogen-bond acceptors (Lipinski definition) is 4. The smallest absolute Gasteiger partial charge is 0.263 e. The van der Waals surface area contributed by atoms with Crippen LogP contribution in [0.2, 0.25) is 10.0 Å². The molecule has 9 heteroatoms. The summed E-state index contributed by atoms with van der Waals surface area (Å²) >= 11 is 12.3. The lowest BCUT2D eigenvalue weighted by molar-refractivity contribution is 0.102. The Kier molecular flexibility index (Phi) is 7.07. The van der Waals surface area contributed by atoms with Crippen LogP contribution in [0.5, 0.6) is 11.5 Å². The van der Waals surface area contributed by atoms with Crippen molar-refractivity contribution < 1.29 is 17.9 Å². The third-order valence-corrected chi connectivity index (χ3v) is 6.77. The van der Waals surface area contributed by atoms with E-state index in [0.29, 0.717) is 27.9 Å². The lowest BCUT2D eigenvalue weighted by atomic mass is 10.2. The number of benzene rings is 4. The number of carbonyl (C=O) groups is 1. The first-order chi connectivity index (χ1) is 16.3. The maximum atomic E-state index is 13.0. The molecule has 0 aliphatic carbocycles. The van der Waals surface area contributed by atoms with Gasteiger partial charge in [0.15, 0.2) is 5.75 Å². The molecule has 6 nitrogen and oxygen atoms in total. The normalized spacial score (nSPS) is 11.0. The van der Waals surface area contributed by atoms with E-state index in [1.165, 1.54) is 18.2 Å². The van der Waals surface area contributed by atoms with E-state index in [0.717, 1.165) is 0 Å². The number of hydrogen-bond donors (Lipinski definition) is 2. The van der Waals surface area contributed by atoms with Gasteiger partial charge in [-0.05, 0) is 60.7 Å². The van der Waals surface area contributed by atoms with Gasteiger partial charge in [-0.2, -0.15) is 0 Å². The topological polar surface area (TPSA) is 84.5 Å². The fraction of sp³-hybridized carbons (Fsp3) is 0. The molecule has 172 valence electrons. The van der Waals surface area contributed by atoms with E-state index < -0.39 is 15.9 Å². The number of rotatable bonds is 7. The molecule has 0 spiro atoms. The third kappa shape index (κ3) is 5.69. The molecule has 4 rings (SSSR count). The zero-order valence-electron chi connectivity index (χ0n) is 17.5. The van der Waals surface area contributed by atoms with Crippen LogP contribution in [0.1, 0.15) is 10.4 Å². The van der Waals surface area contributed by atoms with Crippen molar-refractivity contribution in [2.45, 2.75) is 4.90 Å². The Morgan fingerprint density at radius 1 is 0.794 bits per heavy atom. The van der Waals surface area contributed by atoms with E-state index >= 15 is 0 Å². The molecule has 0 aliphatic heterocycles. The second-order valence-electron chi connectivity index (χ2n) is 7.13.